The first-order valence-electron chi connectivity index (χ1n) is 8.39. The largest absolute Gasteiger partial charge is 0.321 e. The molecule has 1 N–H and O–H groups in total. The highest BCUT2D eigenvalue weighted by Crippen LogP contribution is 2.27. The van der Waals surface area contributed by atoms with E-state index in [2.05, 4.69) is 10.3 Å². The van der Waals surface area contributed by atoms with Crippen molar-refractivity contribution in [1.29, 1.82) is 0 Å². The van der Waals surface area contributed by atoms with E-state index in [0.717, 1.165) is 27.7 Å². The van der Waals surface area contributed by atoms with Crippen molar-refractivity contribution in [3.8, 4) is 11.3 Å². The fourth-order valence-electron chi connectivity index (χ4n) is 3.00. The van der Waals surface area contributed by atoms with Crippen LogP contribution in [0.2, 0.25) is 0 Å². The summed E-state index contributed by atoms with van der Waals surface area (Å²) in [6, 6.07) is 21.2. The van der Waals surface area contributed by atoms with Crippen molar-refractivity contribution in [3.05, 3.63) is 90.3 Å². The fourth-order valence-corrected chi connectivity index (χ4v) is 3.00. The van der Waals surface area contributed by atoms with Gasteiger partial charge in [0.05, 0.1) is 28.7 Å². The molecule has 4 nitrogen and oxygen atoms in total. The number of pyridine rings is 2. The second-order valence-electron chi connectivity index (χ2n) is 6.08. The van der Waals surface area contributed by atoms with Crippen molar-refractivity contribution >= 4 is 22.5 Å². The zero-order chi connectivity index (χ0) is 17.9. The first kappa shape index (κ1) is 16.0. The molecule has 0 spiro atoms. The van der Waals surface area contributed by atoms with Gasteiger partial charge >= 0.3 is 0 Å². The predicted molar refractivity (Wildman–Crippen MR) is 104 cm³/mol. The van der Waals surface area contributed by atoms with Gasteiger partial charge in [-0.05, 0) is 36.8 Å². The minimum Gasteiger partial charge on any atom is -0.321 e. The number of rotatable bonds is 3. The summed E-state index contributed by atoms with van der Waals surface area (Å²) in [4.78, 5) is 21.7. The molecule has 0 radical (unpaired) electrons. The number of nitrogens with one attached hydrogen (secondary N) is 1. The Hall–Kier alpha value is -3.53. The van der Waals surface area contributed by atoms with Crippen LogP contribution in [-0.2, 0) is 0 Å². The van der Waals surface area contributed by atoms with Gasteiger partial charge in [-0.1, -0.05) is 42.5 Å². The quantitative estimate of drug-likeness (QED) is 0.580. The molecule has 4 aromatic rings. The van der Waals surface area contributed by atoms with Crippen molar-refractivity contribution in [2.24, 2.45) is 0 Å². The minimum atomic E-state index is -0.175. The van der Waals surface area contributed by atoms with Crippen LogP contribution in [0, 0.1) is 6.92 Å². The molecule has 4 heteroatoms. The summed E-state index contributed by atoms with van der Waals surface area (Å²) < 4.78 is 0. The Bertz CT molecular complexity index is 1090. The number of para-hydroxylation sites is 1. The molecule has 0 saturated heterocycles. The van der Waals surface area contributed by atoms with E-state index in [1.54, 1.807) is 18.5 Å². The third kappa shape index (κ3) is 3.05. The van der Waals surface area contributed by atoms with Gasteiger partial charge in [-0.25, -0.2) is 4.98 Å². The molecular formula is C22H17N3O. The number of aryl methyl sites for hydroxylation is 1. The lowest BCUT2D eigenvalue weighted by atomic mass is 10.0. The highest BCUT2D eigenvalue weighted by molar-refractivity contribution is 6.13. The fraction of sp³-hybridized carbons (Fsp3) is 0.0455. The number of hydrogen-bond donors (Lipinski definition) is 1. The number of benzene rings is 2. The van der Waals surface area contributed by atoms with E-state index in [0.29, 0.717) is 11.3 Å². The normalized spacial score (nSPS) is 10.7. The maximum absolute atomic E-state index is 12.9. The maximum atomic E-state index is 12.9. The molecule has 0 bridgehead atoms. The van der Waals surface area contributed by atoms with Crippen LogP contribution in [0.15, 0.2) is 79.1 Å². The molecule has 0 aliphatic rings. The number of carbonyl (C=O) groups excluding carboxylic acids is 1. The molecule has 1 amide bonds. The Balaban J connectivity index is 1.85. The second-order valence-corrected chi connectivity index (χ2v) is 6.08. The summed E-state index contributed by atoms with van der Waals surface area (Å²) >= 11 is 0. The second kappa shape index (κ2) is 6.76. The zero-order valence-corrected chi connectivity index (χ0v) is 14.3. The van der Waals surface area contributed by atoms with Crippen molar-refractivity contribution in [2.45, 2.75) is 6.92 Å². The smallest absolute Gasteiger partial charge is 0.256 e. The van der Waals surface area contributed by atoms with Crippen LogP contribution in [0.1, 0.15) is 15.9 Å². The van der Waals surface area contributed by atoms with Crippen LogP contribution >= 0.6 is 0 Å². The minimum absolute atomic E-state index is 0.175. The predicted octanol–water partition coefficient (Wildman–Crippen LogP) is 4.86. The number of hydrogen-bond acceptors (Lipinski definition) is 3. The van der Waals surface area contributed by atoms with Crippen LogP contribution in [0.3, 0.4) is 0 Å². The van der Waals surface area contributed by atoms with Gasteiger partial charge in [-0.3, -0.25) is 9.78 Å². The van der Waals surface area contributed by atoms with Gasteiger partial charge in [-0.15, -0.1) is 0 Å². The van der Waals surface area contributed by atoms with Crippen molar-refractivity contribution in [1.82, 2.24) is 9.97 Å². The lowest BCUT2D eigenvalue weighted by molar-refractivity contribution is 0.102. The number of anilines is 1. The van der Waals surface area contributed by atoms with Gasteiger partial charge < -0.3 is 5.32 Å². The SMILES string of the molecule is Cc1ccccc1-c1cc(C(=O)Nc2cccnc2)c2ccccc2n1. The summed E-state index contributed by atoms with van der Waals surface area (Å²) in [6.45, 7) is 2.04. The Kier molecular flexibility index (Phi) is 4.15. The molecule has 0 aliphatic carbocycles. The van der Waals surface area contributed by atoms with E-state index >= 15 is 0 Å². The molecular weight excluding hydrogens is 322 g/mol. The van der Waals surface area contributed by atoms with E-state index < -0.39 is 0 Å². The molecule has 0 saturated carbocycles. The first-order chi connectivity index (χ1) is 12.7. The monoisotopic (exact) mass is 339 g/mol. The summed E-state index contributed by atoms with van der Waals surface area (Å²) in [6.07, 6.45) is 3.30. The van der Waals surface area contributed by atoms with Gasteiger partial charge in [0.25, 0.3) is 5.91 Å². The average molecular weight is 339 g/mol. The maximum Gasteiger partial charge on any atom is 0.256 e. The number of aromatic nitrogens is 2. The van der Waals surface area contributed by atoms with Crippen LogP contribution < -0.4 is 5.32 Å². The third-order valence-electron chi connectivity index (χ3n) is 4.30. The molecule has 2 aromatic heterocycles. The molecule has 0 aliphatic heterocycles. The Labute approximate surface area is 151 Å². The average Bonchev–Trinajstić information content (AvgIpc) is 2.68. The molecule has 4 rings (SSSR count). The standard InChI is InChI=1S/C22H17N3O/c1-15-7-2-3-9-17(15)21-13-19(18-10-4-5-11-20(18)25-21)22(26)24-16-8-6-12-23-14-16/h2-14H,1H3,(H,24,26). The summed E-state index contributed by atoms with van der Waals surface area (Å²) in [5, 5.41) is 3.74. The van der Waals surface area contributed by atoms with E-state index in [-0.39, 0.29) is 5.91 Å². The lowest BCUT2D eigenvalue weighted by Gasteiger charge is -2.11. The molecule has 2 aromatic carbocycles. The summed E-state index contributed by atoms with van der Waals surface area (Å²) in [5.74, 6) is -0.175. The molecule has 0 unspecified atom stereocenters. The zero-order valence-electron chi connectivity index (χ0n) is 14.3. The Morgan fingerprint density at radius 1 is 0.962 bits per heavy atom. The first-order valence-corrected chi connectivity index (χ1v) is 8.39. The van der Waals surface area contributed by atoms with Crippen molar-refractivity contribution in [3.63, 3.8) is 0 Å². The number of amides is 1. The molecule has 126 valence electrons. The lowest BCUT2D eigenvalue weighted by Crippen LogP contribution is -2.13. The Morgan fingerprint density at radius 2 is 1.77 bits per heavy atom. The molecule has 26 heavy (non-hydrogen) atoms. The molecule has 2 heterocycles. The van der Waals surface area contributed by atoms with Gasteiger partial charge in [0, 0.05) is 17.1 Å². The summed E-state index contributed by atoms with van der Waals surface area (Å²) in [5.41, 5.74) is 4.99. The van der Waals surface area contributed by atoms with E-state index in [1.165, 1.54) is 0 Å². The van der Waals surface area contributed by atoms with Crippen LogP contribution in [0.5, 0.6) is 0 Å². The molecule has 0 atom stereocenters. The van der Waals surface area contributed by atoms with Crippen LogP contribution in [-0.4, -0.2) is 15.9 Å². The van der Waals surface area contributed by atoms with Gasteiger partial charge in [0.15, 0.2) is 0 Å². The van der Waals surface area contributed by atoms with Gasteiger partial charge in [0.2, 0.25) is 0 Å². The van der Waals surface area contributed by atoms with E-state index in [4.69, 9.17) is 4.98 Å². The van der Waals surface area contributed by atoms with Crippen molar-refractivity contribution < 1.29 is 4.79 Å². The number of fused-ring (bicyclic) bond motifs is 1. The van der Waals surface area contributed by atoms with Gasteiger partial charge in [-0.2, -0.15) is 0 Å². The van der Waals surface area contributed by atoms with E-state index in [1.807, 2.05) is 67.6 Å². The number of nitrogens with zero attached hydrogens (tertiary/aromatic N) is 2. The number of carbonyl (C=O) groups is 1. The van der Waals surface area contributed by atoms with Crippen molar-refractivity contribution in [2.75, 3.05) is 5.32 Å². The molecule has 0 fully saturated rings. The van der Waals surface area contributed by atoms with Gasteiger partial charge in [0.1, 0.15) is 0 Å². The van der Waals surface area contributed by atoms with Crippen LogP contribution in [0.4, 0.5) is 5.69 Å². The van der Waals surface area contributed by atoms with Crippen LogP contribution in [0.25, 0.3) is 22.2 Å². The Morgan fingerprint density at radius 3 is 2.58 bits per heavy atom. The van der Waals surface area contributed by atoms with E-state index in [9.17, 15) is 4.79 Å². The summed E-state index contributed by atoms with van der Waals surface area (Å²) in [7, 11) is 0. The highest BCUT2D eigenvalue weighted by atomic mass is 16.1. The third-order valence-corrected chi connectivity index (χ3v) is 4.30. The highest BCUT2D eigenvalue weighted by Gasteiger charge is 2.15. The topological polar surface area (TPSA) is 54.9 Å².